The molecule has 0 aromatic carbocycles. The van der Waals surface area contributed by atoms with E-state index in [-0.39, 0.29) is 0 Å². The SMILES string of the molecule is CCNC1CC(C)CCC1C(C)(C)C1CC1. The summed E-state index contributed by atoms with van der Waals surface area (Å²) in [6, 6.07) is 0.782. The van der Waals surface area contributed by atoms with Crippen molar-refractivity contribution >= 4 is 0 Å². The highest BCUT2D eigenvalue weighted by atomic mass is 14.9. The first kappa shape index (κ1) is 12.4. The molecule has 0 saturated heterocycles. The van der Waals surface area contributed by atoms with E-state index in [0.717, 1.165) is 30.3 Å². The Hall–Kier alpha value is -0.0400. The molecule has 0 radical (unpaired) electrons. The van der Waals surface area contributed by atoms with Crippen LogP contribution in [0.15, 0.2) is 0 Å². The van der Waals surface area contributed by atoms with Gasteiger partial charge in [0.15, 0.2) is 0 Å². The van der Waals surface area contributed by atoms with Gasteiger partial charge < -0.3 is 5.32 Å². The van der Waals surface area contributed by atoms with E-state index in [0.29, 0.717) is 5.41 Å². The Kier molecular flexibility index (Phi) is 3.63. The zero-order chi connectivity index (χ0) is 11.8. The van der Waals surface area contributed by atoms with Crippen molar-refractivity contribution in [3.8, 4) is 0 Å². The molecule has 0 aromatic heterocycles. The molecule has 0 amide bonds. The van der Waals surface area contributed by atoms with E-state index in [2.05, 4.69) is 33.0 Å². The maximum absolute atomic E-state index is 3.75. The predicted molar refractivity (Wildman–Crippen MR) is 70.5 cm³/mol. The van der Waals surface area contributed by atoms with E-state index in [1.807, 2.05) is 0 Å². The van der Waals surface area contributed by atoms with Crippen LogP contribution in [0.4, 0.5) is 0 Å². The summed E-state index contributed by atoms with van der Waals surface area (Å²) in [6.07, 6.45) is 7.26. The van der Waals surface area contributed by atoms with Crippen molar-refractivity contribution in [1.82, 2.24) is 5.32 Å². The third-order valence-electron chi connectivity index (χ3n) is 5.16. The summed E-state index contributed by atoms with van der Waals surface area (Å²) in [6.45, 7) is 10.9. The molecule has 3 atom stereocenters. The van der Waals surface area contributed by atoms with Crippen molar-refractivity contribution < 1.29 is 0 Å². The number of rotatable bonds is 4. The second-order valence-corrected chi connectivity index (χ2v) is 6.78. The predicted octanol–water partition coefficient (Wildman–Crippen LogP) is 3.84. The van der Waals surface area contributed by atoms with Crippen LogP contribution in [-0.4, -0.2) is 12.6 Å². The average Bonchev–Trinajstić information content (AvgIpc) is 3.01. The molecular formula is C15H29N. The van der Waals surface area contributed by atoms with Gasteiger partial charge in [-0.25, -0.2) is 0 Å². The van der Waals surface area contributed by atoms with Crippen molar-refractivity contribution in [3.05, 3.63) is 0 Å². The fraction of sp³-hybridized carbons (Fsp3) is 1.00. The van der Waals surface area contributed by atoms with Crippen molar-refractivity contribution in [2.75, 3.05) is 6.54 Å². The van der Waals surface area contributed by atoms with E-state index in [9.17, 15) is 0 Å². The second-order valence-electron chi connectivity index (χ2n) is 6.78. The summed E-state index contributed by atoms with van der Waals surface area (Å²) in [4.78, 5) is 0. The minimum Gasteiger partial charge on any atom is -0.314 e. The monoisotopic (exact) mass is 223 g/mol. The summed E-state index contributed by atoms with van der Waals surface area (Å²) < 4.78 is 0. The van der Waals surface area contributed by atoms with Gasteiger partial charge in [-0.15, -0.1) is 0 Å². The Morgan fingerprint density at radius 3 is 2.38 bits per heavy atom. The molecule has 1 heteroatoms. The van der Waals surface area contributed by atoms with Crippen molar-refractivity contribution in [2.45, 2.75) is 65.8 Å². The molecule has 16 heavy (non-hydrogen) atoms. The summed E-state index contributed by atoms with van der Waals surface area (Å²) in [5.41, 5.74) is 0.576. The van der Waals surface area contributed by atoms with Crippen LogP contribution in [0.3, 0.4) is 0 Å². The highest BCUT2D eigenvalue weighted by molar-refractivity contribution is 4.98. The molecular weight excluding hydrogens is 194 g/mol. The van der Waals surface area contributed by atoms with Crippen LogP contribution in [0.1, 0.15) is 59.8 Å². The first-order valence-electron chi connectivity index (χ1n) is 7.29. The Balaban J connectivity index is 2.04. The smallest absolute Gasteiger partial charge is 0.0103 e. The quantitative estimate of drug-likeness (QED) is 0.763. The van der Waals surface area contributed by atoms with Crippen LogP contribution in [0.2, 0.25) is 0 Å². The van der Waals surface area contributed by atoms with Gasteiger partial charge in [0.25, 0.3) is 0 Å². The van der Waals surface area contributed by atoms with Crippen molar-refractivity contribution in [3.63, 3.8) is 0 Å². The topological polar surface area (TPSA) is 12.0 Å². The first-order chi connectivity index (χ1) is 7.55. The lowest BCUT2D eigenvalue weighted by molar-refractivity contribution is 0.0766. The number of nitrogens with one attached hydrogen (secondary N) is 1. The highest BCUT2D eigenvalue weighted by Crippen LogP contribution is 2.53. The van der Waals surface area contributed by atoms with E-state index < -0.39 is 0 Å². The zero-order valence-corrected chi connectivity index (χ0v) is 11.6. The van der Waals surface area contributed by atoms with Gasteiger partial charge in [-0.1, -0.05) is 34.1 Å². The third kappa shape index (κ3) is 2.45. The molecule has 0 aliphatic heterocycles. The molecule has 3 unspecified atom stereocenters. The fourth-order valence-electron chi connectivity index (χ4n) is 3.89. The van der Waals surface area contributed by atoms with Gasteiger partial charge in [0, 0.05) is 6.04 Å². The molecule has 0 aromatic rings. The van der Waals surface area contributed by atoms with E-state index in [1.165, 1.54) is 32.1 Å². The largest absolute Gasteiger partial charge is 0.314 e. The average molecular weight is 223 g/mol. The van der Waals surface area contributed by atoms with Crippen LogP contribution >= 0.6 is 0 Å². The van der Waals surface area contributed by atoms with Gasteiger partial charge in [-0.05, 0) is 55.4 Å². The standard InChI is InChI=1S/C15H29N/c1-5-16-14-10-11(2)6-9-13(14)15(3,4)12-7-8-12/h11-14,16H,5-10H2,1-4H3. The van der Waals surface area contributed by atoms with Gasteiger partial charge in [0.2, 0.25) is 0 Å². The lowest BCUT2D eigenvalue weighted by Crippen LogP contribution is -2.47. The van der Waals surface area contributed by atoms with Crippen LogP contribution in [0, 0.1) is 23.2 Å². The minimum atomic E-state index is 0.576. The summed E-state index contributed by atoms with van der Waals surface area (Å²) in [7, 11) is 0. The van der Waals surface area contributed by atoms with Crippen molar-refractivity contribution in [2.24, 2.45) is 23.2 Å². The normalized spacial score (nSPS) is 36.4. The molecule has 0 bridgehead atoms. The lowest BCUT2D eigenvalue weighted by atomic mass is 9.64. The summed E-state index contributed by atoms with van der Waals surface area (Å²) in [5, 5.41) is 3.75. The zero-order valence-electron chi connectivity index (χ0n) is 11.6. The van der Waals surface area contributed by atoms with E-state index in [4.69, 9.17) is 0 Å². The molecule has 1 nitrogen and oxygen atoms in total. The Morgan fingerprint density at radius 1 is 1.12 bits per heavy atom. The molecule has 2 aliphatic rings. The van der Waals surface area contributed by atoms with Crippen LogP contribution < -0.4 is 5.32 Å². The minimum absolute atomic E-state index is 0.576. The highest BCUT2D eigenvalue weighted by Gasteiger charge is 2.46. The lowest BCUT2D eigenvalue weighted by Gasteiger charge is -2.45. The Morgan fingerprint density at radius 2 is 1.81 bits per heavy atom. The molecule has 1 N–H and O–H groups in total. The molecule has 94 valence electrons. The third-order valence-corrected chi connectivity index (χ3v) is 5.16. The van der Waals surface area contributed by atoms with Crippen LogP contribution in [-0.2, 0) is 0 Å². The van der Waals surface area contributed by atoms with Gasteiger partial charge in [-0.2, -0.15) is 0 Å². The summed E-state index contributed by atoms with van der Waals surface area (Å²) >= 11 is 0. The first-order valence-corrected chi connectivity index (χ1v) is 7.29. The fourth-order valence-corrected chi connectivity index (χ4v) is 3.89. The van der Waals surface area contributed by atoms with Gasteiger partial charge >= 0.3 is 0 Å². The van der Waals surface area contributed by atoms with Crippen LogP contribution in [0.5, 0.6) is 0 Å². The van der Waals surface area contributed by atoms with E-state index in [1.54, 1.807) is 0 Å². The Labute approximate surface area is 101 Å². The van der Waals surface area contributed by atoms with E-state index >= 15 is 0 Å². The van der Waals surface area contributed by atoms with Gasteiger partial charge in [0.1, 0.15) is 0 Å². The second kappa shape index (κ2) is 4.68. The van der Waals surface area contributed by atoms with Crippen molar-refractivity contribution in [1.29, 1.82) is 0 Å². The molecule has 2 saturated carbocycles. The maximum Gasteiger partial charge on any atom is 0.0103 e. The molecule has 2 fully saturated rings. The molecule has 0 heterocycles. The van der Waals surface area contributed by atoms with Gasteiger partial charge in [-0.3, -0.25) is 0 Å². The molecule has 0 spiro atoms. The van der Waals surface area contributed by atoms with Gasteiger partial charge in [0.05, 0.1) is 0 Å². The van der Waals surface area contributed by atoms with Crippen LogP contribution in [0.25, 0.3) is 0 Å². The summed E-state index contributed by atoms with van der Waals surface area (Å²) in [5.74, 6) is 2.86. The maximum atomic E-state index is 3.75. The number of hydrogen-bond donors (Lipinski definition) is 1. The molecule has 2 aliphatic carbocycles. The molecule has 2 rings (SSSR count). The Bertz CT molecular complexity index is 230. The number of hydrogen-bond acceptors (Lipinski definition) is 1.